The van der Waals surface area contributed by atoms with E-state index in [1.807, 2.05) is 7.11 Å². The predicted octanol–water partition coefficient (Wildman–Crippen LogP) is 6.57. The van der Waals surface area contributed by atoms with Crippen molar-refractivity contribution in [3.63, 3.8) is 0 Å². The highest BCUT2D eigenvalue weighted by atomic mass is 16.5. The molecule has 0 aromatic heterocycles. The van der Waals surface area contributed by atoms with Gasteiger partial charge >= 0.3 is 0 Å². The third-order valence-corrected chi connectivity index (χ3v) is 11.5. The van der Waals surface area contributed by atoms with Gasteiger partial charge in [-0.3, -0.25) is 0 Å². The molecule has 0 radical (unpaired) electrons. The minimum absolute atomic E-state index is 0.0689. The van der Waals surface area contributed by atoms with Crippen molar-refractivity contribution in [2.75, 3.05) is 13.7 Å². The van der Waals surface area contributed by atoms with Crippen molar-refractivity contribution >= 4 is 0 Å². The highest BCUT2D eigenvalue weighted by molar-refractivity contribution is 5.22. The van der Waals surface area contributed by atoms with E-state index >= 15 is 0 Å². The maximum atomic E-state index is 7.62. The lowest BCUT2D eigenvalue weighted by Crippen LogP contribution is -2.73. The quantitative estimate of drug-likeness (QED) is 0.540. The Bertz CT molecular complexity index is 577. The summed E-state index contributed by atoms with van der Waals surface area (Å²) in [6, 6.07) is 0. The first-order valence-electron chi connectivity index (χ1n) is 12.5. The molecule has 0 spiro atoms. The van der Waals surface area contributed by atoms with E-state index in [9.17, 15) is 0 Å². The Morgan fingerprint density at radius 2 is 1.71 bits per heavy atom. The smallest absolute Gasteiger partial charge is 0.0462 e. The largest absolute Gasteiger partial charge is 0.385 e. The highest BCUT2D eigenvalue weighted by Crippen LogP contribution is 2.74. The van der Waals surface area contributed by atoms with Crippen molar-refractivity contribution in [1.29, 1.82) is 0 Å². The number of methoxy groups -OCH3 is 1. The van der Waals surface area contributed by atoms with Crippen LogP contribution < -0.4 is 5.73 Å². The molecule has 8 atom stereocenters. The summed E-state index contributed by atoms with van der Waals surface area (Å²) in [6.07, 6.45) is 16.4. The summed E-state index contributed by atoms with van der Waals surface area (Å²) in [7, 11) is 1.85. The molecule has 0 amide bonds. The molecule has 0 aromatic rings. The van der Waals surface area contributed by atoms with E-state index in [-0.39, 0.29) is 5.54 Å². The van der Waals surface area contributed by atoms with Crippen LogP contribution in [0.15, 0.2) is 0 Å². The van der Waals surface area contributed by atoms with E-state index in [0.29, 0.717) is 16.2 Å². The standard InChI is InChI=1S/C26H47NO/c1-6-19-18-22-25(4)14-12-20(10-9-17-28-5)23(25,2)15-16-26(22,27)24(3)13-8-7-11-21(19)24/h19-22H,6-18,27H2,1-5H3/t19-,20?,21?,22?,23?,24?,25?,26+/m0/s1. The number of nitrogens with two attached hydrogens (primary N) is 1. The van der Waals surface area contributed by atoms with E-state index in [1.54, 1.807) is 0 Å². The molecule has 28 heavy (non-hydrogen) atoms. The van der Waals surface area contributed by atoms with Gasteiger partial charge in [0.25, 0.3) is 0 Å². The molecule has 2 nitrogen and oxygen atoms in total. The van der Waals surface area contributed by atoms with Crippen molar-refractivity contribution in [3.8, 4) is 0 Å². The van der Waals surface area contributed by atoms with Gasteiger partial charge in [-0.1, -0.05) is 47.0 Å². The zero-order chi connectivity index (χ0) is 20.2. The van der Waals surface area contributed by atoms with E-state index < -0.39 is 0 Å². The second kappa shape index (κ2) is 7.26. The van der Waals surface area contributed by atoms with Gasteiger partial charge in [0.05, 0.1) is 0 Å². The van der Waals surface area contributed by atoms with Crippen LogP contribution in [0.3, 0.4) is 0 Å². The summed E-state index contributed by atoms with van der Waals surface area (Å²) in [6.45, 7) is 11.3. The van der Waals surface area contributed by atoms with Crippen LogP contribution >= 0.6 is 0 Å². The molecule has 0 bridgehead atoms. The maximum Gasteiger partial charge on any atom is 0.0462 e. The van der Waals surface area contributed by atoms with E-state index in [0.717, 1.165) is 30.3 Å². The second-order valence-electron chi connectivity index (χ2n) is 12.0. The number of fused-ring (bicyclic) bond motifs is 5. The first-order chi connectivity index (χ1) is 13.3. The monoisotopic (exact) mass is 389 g/mol. The normalized spacial score (nSPS) is 53.4. The van der Waals surface area contributed by atoms with Gasteiger partial charge in [0.15, 0.2) is 0 Å². The van der Waals surface area contributed by atoms with Gasteiger partial charge in [0.1, 0.15) is 0 Å². The molecule has 2 N–H and O–H groups in total. The topological polar surface area (TPSA) is 35.2 Å². The molecular formula is C26H47NO. The molecular weight excluding hydrogens is 342 g/mol. The zero-order valence-corrected chi connectivity index (χ0v) is 19.5. The number of hydrogen-bond donors (Lipinski definition) is 1. The van der Waals surface area contributed by atoms with Gasteiger partial charge in [-0.2, -0.15) is 0 Å². The molecule has 0 aliphatic heterocycles. The molecule has 4 aliphatic rings. The van der Waals surface area contributed by atoms with Gasteiger partial charge < -0.3 is 10.5 Å². The Labute approximate surface area is 174 Å². The molecule has 4 saturated carbocycles. The predicted molar refractivity (Wildman–Crippen MR) is 118 cm³/mol. The SMILES string of the molecule is CC[C@H]1CC2C3(C)CCC(CCCOC)C3(C)CC[C@]2(N)C2(C)CCCCC12. The minimum Gasteiger partial charge on any atom is -0.385 e. The third-order valence-electron chi connectivity index (χ3n) is 11.5. The fourth-order valence-electron chi connectivity index (χ4n) is 9.52. The van der Waals surface area contributed by atoms with Crippen molar-refractivity contribution < 1.29 is 4.74 Å². The molecule has 4 fully saturated rings. The maximum absolute atomic E-state index is 7.62. The molecule has 162 valence electrons. The molecule has 4 aliphatic carbocycles. The molecule has 4 rings (SSSR count). The number of hydrogen-bond acceptors (Lipinski definition) is 2. The second-order valence-corrected chi connectivity index (χ2v) is 12.0. The van der Waals surface area contributed by atoms with Crippen LogP contribution in [0.1, 0.15) is 105 Å². The minimum atomic E-state index is 0.0689. The average molecular weight is 390 g/mol. The molecule has 0 heterocycles. The van der Waals surface area contributed by atoms with Crippen molar-refractivity contribution in [2.24, 2.45) is 45.7 Å². The Balaban J connectivity index is 1.68. The fourth-order valence-corrected chi connectivity index (χ4v) is 9.52. The van der Waals surface area contributed by atoms with Crippen LogP contribution in [0.4, 0.5) is 0 Å². The van der Waals surface area contributed by atoms with Crippen molar-refractivity contribution in [2.45, 2.75) is 110 Å². The van der Waals surface area contributed by atoms with Crippen LogP contribution in [0.2, 0.25) is 0 Å². The first-order valence-corrected chi connectivity index (χ1v) is 12.5. The Kier molecular flexibility index (Phi) is 5.49. The summed E-state index contributed by atoms with van der Waals surface area (Å²) in [5, 5.41) is 0. The Morgan fingerprint density at radius 1 is 0.929 bits per heavy atom. The molecule has 0 saturated heterocycles. The van der Waals surface area contributed by atoms with Gasteiger partial charge in [-0.25, -0.2) is 0 Å². The van der Waals surface area contributed by atoms with Gasteiger partial charge in [0, 0.05) is 19.3 Å². The molecule has 2 heteroatoms. The fraction of sp³-hybridized carbons (Fsp3) is 1.00. The molecule has 6 unspecified atom stereocenters. The van der Waals surface area contributed by atoms with Crippen LogP contribution in [0.25, 0.3) is 0 Å². The average Bonchev–Trinajstić information content (AvgIpc) is 2.94. The lowest BCUT2D eigenvalue weighted by Gasteiger charge is -2.70. The Morgan fingerprint density at radius 3 is 2.43 bits per heavy atom. The van der Waals surface area contributed by atoms with Crippen LogP contribution in [-0.2, 0) is 4.74 Å². The van der Waals surface area contributed by atoms with Crippen LogP contribution in [-0.4, -0.2) is 19.3 Å². The number of rotatable bonds is 5. The van der Waals surface area contributed by atoms with E-state index in [1.165, 1.54) is 77.0 Å². The van der Waals surface area contributed by atoms with Gasteiger partial charge in [-0.15, -0.1) is 0 Å². The number of ether oxygens (including phenoxy) is 1. The highest BCUT2D eigenvalue weighted by Gasteiger charge is 2.70. The third kappa shape index (κ3) is 2.65. The summed E-state index contributed by atoms with van der Waals surface area (Å²) in [5.41, 5.74) is 8.96. The Hall–Kier alpha value is -0.0800. The van der Waals surface area contributed by atoms with E-state index in [4.69, 9.17) is 10.5 Å². The zero-order valence-electron chi connectivity index (χ0n) is 19.5. The van der Waals surface area contributed by atoms with Crippen LogP contribution in [0, 0.1) is 39.9 Å². The van der Waals surface area contributed by atoms with Crippen LogP contribution in [0.5, 0.6) is 0 Å². The van der Waals surface area contributed by atoms with Crippen molar-refractivity contribution in [1.82, 2.24) is 0 Å². The summed E-state index contributed by atoms with van der Waals surface area (Å²) < 4.78 is 5.38. The summed E-state index contributed by atoms with van der Waals surface area (Å²) in [5.74, 6) is 3.36. The van der Waals surface area contributed by atoms with Gasteiger partial charge in [0.2, 0.25) is 0 Å². The van der Waals surface area contributed by atoms with Gasteiger partial charge in [-0.05, 0) is 97.7 Å². The van der Waals surface area contributed by atoms with Crippen molar-refractivity contribution in [3.05, 3.63) is 0 Å². The van der Waals surface area contributed by atoms with E-state index in [2.05, 4.69) is 27.7 Å². The lowest BCUT2D eigenvalue weighted by molar-refractivity contribution is -0.186. The summed E-state index contributed by atoms with van der Waals surface area (Å²) in [4.78, 5) is 0. The first kappa shape index (κ1) is 21.2. The summed E-state index contributed by atoms with van der Waals surface area (Å²) >= 11 is 0. The molecule has 0 aromatic carbocycles. The lowest BCUT2D eigenvalue weighted by atomic mass is 9.36.